The van der Waals surface area contributed by atoms with Crippen LogP contribution < -0.4 is 10.2 Å². The van der Waals surface area contributed by atoms with Gasteiger partial charge in [-0.15, -0.1) is 11.3 Å². The largest absolute Gasteiger partial charge is 0.426 e. The molecule has 0 spiro atoms. The summed E-state index contributed by atoms with van der Waals surface area (Å²) in [5.74, 6) is 0.107. The average Bonchev–Trinajstić information content (AvgIpc) is 3.06. The zero-order chi connectivity index (χ0) is 16.8. The summed E-state index contributed by atoms with van der Waals surface area (Å²) in [6, 6.07) is 17.1. The second-order valence-corrected chi connectivity index (χ2v) is 5.76. The normalized spacial score (nSPS) is 10.7. The molecule has 0 bridgehead atoms. The van der Waals surface area contributed by atoms with Gasteiger partial charge in [0.25, 0.3) is 0 Å². The van der Waals surface area contributed by atoms with Crippen LogP contribution in [0.2, 0.25) is 0 Å². The molecular formula is C18H15N3O2S. The maximum atomic E-state index is 11.1. The number of benzene rings is 2. The highest BCUT2D eigenvalue weighted by Crippen LogP contribution is 2.24. The minimum Gasteiger partial charge on any atom is -0.426 e. The van der Waals surface area contributed by atoms with Crippen molar-refractivity contribution in [1.82, 2.24) is 4.98 Å². The molecule has 0 aliphatic carbocycles. The van der Waals surface area contributed by atoms with Gasteiger partial charge in [0, 0.05) is 23.4 Å². The van der Waals surface area contributed by atoms with Crippen molar-refractivity contribution < 1.29 is 9.53 Å². The molecule has 0 atom stereocenters. The van der Waals surface area contributed by atoms with Gasteiger partial charge in [-0.2, -0.15) is 5.10 Å². The fraction of sp³-hybridized carbons (Fsp3) is 0.0556. The van der Waals surface area contributed by atoms with Crippen LogP contribution in [0.1, 0.15) is 12.5 Å². The van der Waals surface area contributed by atoms with Crippen molar-refractivity contribution in [1.29, 1.82) is 0 Å². The first-order valence-electron chi connectivity index (χ1n) is 7.30. The summed E-state index contributed by atoms with van der Waals surface area (Å²) in [4.78, 5) is 15.6. The van der Waals surface area contributed by atoms with Crippen molar-refractivity contribution >= 4 is 28.7 Å². The lowest BCUT2D eigenvalue weighted by Gasteiger charge is -2.04. The molecule has 1 N–H and O–H groups in total. The van der Waals surface area contributed by atoms with Crippen molar-refractivity contribution in [3.63, 3.8) is 0 Å². The molecule has 6 heteroatoms. The SMILES string of the molecule is CC(=O)Oc1ccccc1C=NNc1nc(-c2ccccc2)cs1. The van der Waals surface area contributed by atoms with E-state index in [9.17, 15) is 4.79 Å². The van der Waals surface area contributed by atoms with Gasteiger partial charge < -0.3 is 4.74 Å². The number of aromatic nitrogens is 1. The minimum absolute atomic E-state index is 0.365. The Labute approximate surface area is 143 Å². The number of thiazole rings is 1. The average molecular weight is 337 g/mol. The predicted molar refractivity (Wildman–Crippen MR) is 96.5 cm³/mol. The first kappa shape index (κ1) is 15.9. The van der Waals surface area contributed by atoms with Gasteiger partial charge in [-0.05, 0) is 12.1 Å². The van der Waals surface area contributed by atoms with Crippen LogP contribution in [0.3, 0.4) is 0 Å². The number of carbonyl (C=O) groups excluding carboxylic acids is 1. The lowest BCUT2D eigenvalue weighted by molar-refractivity contribution is -0.131. The fourth-order valence-corrected chi connectivity index (χ4v) is 2.73. The number of esters is 1. The number of hydrazone groups is 1. The number of nitrogens with zero attached hydrogens (tertiary/aromatic N) is 2. The second-order valence-electron chi connectivity index (χ2n) is 4.91. The number of hydrogen-bond donors (Lipinski definition) is 1. The summed E-state index contributed by atoms with van der Waals surface area (Å²) in [6.45, 7) is 1.37. The number of para-hydroxylation sites is 1. The molecule has 1 heterocycles. The molecule has 3 rings (SSSR count). The first-order valence-corrected chi connectivity index (χ1v) is 8.18. The molecule has 5 nitrogen and oxygen atoms in total. The Hall–Kier alpha value is -2.99. The van der Waals surface area contributed by atoms with Gasteiger partial charge in [-0.25, -0.2) is 4.98 Å². The number of carbonyl (C=O) groups is 1. The monoisotopic (exact) mass is 337 g/mol. The van der Waals surface area contributed by atoms with E-state index in [-0.39, 0.29) is 5.97 Å². The number of rotatable bonds is 5. The van der Waals surface area contributed by atoms with Crippen LogP contribution in [0.25, 0.3) is 11.3 Å². The quantitative estimate of drug-likeness (QED) is 0.328. The Bertz CT molecular complexity index is 859. The molecule has 2 aromatic carbocycles. The van der Waals surface area contributed by atoms with Crippen LogP contribution in [0, 0.1) is 0 Å². The van der Waals surface area contributed by atoms with E-state index in [1.807, 2.05) is 47.8 Å². The molecule has 0 aliphatic rings. The molecule has 1 aromatic heterocycles. The van der Waals surface area contributed by atoms with Crippen molar-refractivity contribution in [2.45, 2.75) is 6.92 Å². The number of anilines is 1. The van der Waals surface area contributed by atoms with E-state index in [1.54, 1.807) is 18.3 Å². The molecule has 0 amide bonds. The smallest absolute Gasteiger partial charge is 0.308 e. The standard InChI is InChI=1S/C18H15N3O2S/c1-13(22)23-17-10-6-5-9-15(17)11-19-21-18-20-16(12-24-18)14-7-3-2-4-8-14/h2-12H,1H3,(H,20,21). The van der Waals surface area contributed by atoms with Gasteiger partial charge >= 0.3 is 5.97 Å². The lowest BCUT2D eigenvalue weighted by atomic mass is 10.2. The van der Waals surface area contributed by atoms with Crippen molar-refractivity contribution in [3.8, 4) is 17.0 Å². The van der Waals surface area contributed by atoms with E-state index in [0.717, 1.165) is 11.3 Å². The van der Waals surface area contributed by atoms with Crippen molar-refractivity contribution in [2.75, 3.05) is 5.43 Å². The highest BCUT2D eigenvalue weighted by Gasteiger charge is 2.04. The van der Waals surface area contributed by atoms with Crippen molar-refractivity contribution in [3.05, 3.63) is 65.5 Å². The Balaban J connectivity index is 1.69. The molecular weight excluding hydrogens is 322 g/mol. The Kier molecular flexibility index (Phi) is 4.98. The van der Waals surface area contributed by atoms with Gasteiger partial charge in [0.1, 0.15) is 5.75 Å². The number of nitrogens with one attached hydrogen (secondary N) is 1. The molecule has 0 radical (unpaired) electrons. The summed E-state index contributed by atoms with van der Waals surface area (Å²) >= 11 is 1.47. The van der Waals surface area contributed by atoms with E-state index in [0.29, 0.717) is 16.4 Å². The maximum absolute atomic E-state index is 11.1. The van der Waals surface area contributed by atoms with Gasteiger partial charge in [-0.1, -0.05) is 42.5 Å². The zero-order valence-corrected chi connectivity index (χ0v) is 13.8. The molecule has 0 unspecified atom stereocenters. The molecule has 0 saturated heterocycles. The van der Waals surface area contributed by atoms with Crippen LogP contribution in [0.4, 0.5) is 5.13 Å². The number of ether oxygens (including phenoxy) is 1. The Morgan fingerprint density at radius 1 is 1.17 bits per heavy atom. The van der Waals surface area contributed by atoms with Crippen LogP contribution in [-0.4, -0.2) is 17.2 Å². The number of hydrogen-bond acceptors (Lipinski definition) is 6. The van der Waals surface area contributed by atoms with E-state index in [4.69, 9.17) is 4.74 Å². The highest BCUT2D eigenvalue weighted by molar-refractivity contribution is 7.14. The van der Waals surface area contributed by atoms with E-state index < -0.39 is 0 Å². The van der Waals surface area contributed by atoms with Gasteiger partial charge in [0.05, 0.1) is 11.9 Å². The maximum Gasteiger partial charge on any atom is 0.308 e. The molecule has 120 valence electrons. The Morgan fingerprint density at radius 3 is 2.71 bits per heavy atom. The Morgan fingerprint density at radius 2 is 1.92 bits per heavy atom. The molecule has 24 heavy (non-hydrogen) atoms. The molecule has 0 fully saturated rings. The molecule has 0 saturated carbocycles. The van der Waals surface area contributed by atoms with Crippen LogP contribution in [0.5, 0.6) is 5.75 Å². The van der Waals surface area contributed by atoms with E-state index in [1.165, 1.54) is 18.3 Å². The van der Waals surface area contributed by atoms with Gasteiger partial charge in [-0.3, -0.25) is 10.2 Å². The van der Waals surface area contributed by atoms with Crippen LogP contribution in [0.15, 0.2) is 65.1 Å². The summed E-state index contributed by atoms with van der Waals surface area (Å²) in [6.07, 6.45) is 1.60. The van der Waals surface area contributed by atoms with Gasteiger partial charge in [0.15, 0.2) is 0 Å². The first-order chi connectivity index (χ1) is 11.7. The highest BCUT2D eigenvalue weighted by atomic mass is 32.1. The van der Waals surface area contributed by atoms with Crippen LogP contribution in [-0.2, 0) is 4.79 Å². The fourth-order valence-electron chi connectivity index (χ4n) is 2.06. The third kappa shape index (κ3) is 4.05. The minimum atomic E-state index is -0.365. The molecule has 0 aliphatic heterocycles. The summed E-state index contributed by atoms with van der Waals surface area (Å²) in [5.41, 5.74) is 5.57. The summed E-state index contributed by atoms with van der Waals surface area (Å²) in [5, 5.41) is 6.83. The third-order valence-corrected chi connectivity index (χ3v) is 3.86. The second kappa shape index (κ2) is 7.52. The summed E-state index contributed by atoms with van der Waals surface area (Å²) < 4.78 is 5.14. The van der Waals surface area contributed by atoms with Gasteiger partial charge in [0.2, 0.25) is 5.13 Å². The third-order valence-electron chi connectivity index (χ3n) is 3.11. The van der Waals surface area contributed by atoms with Crippen molar-refractivity contribution in [2.24, 2.45) is 5.10 Å². The summed E-state index contributed by atoms with van der Waals surface area (Å²) in [7, 11) is 0. The zero-order valence-electron chi connectivity index (χ0n) is 13.0. The predicted octanol–water partition coefficient (Wildman–Crippen LogP) is 4.18. The molecule has 3 aromatic rings. The topological polar surface area (TPSA) is 63.6 Å². The lowest BCUT2D eigenvalue weighted by Crippen LogP contribution is -2.03. The van der Waals surface area contributed by atoms with Crippen LogP contribution >= 0.6 is 11.3 Å². The van der Waals surface area contributed by atoms with E-state index >= 15 is 0 Å². The van der Waals surface area contributed by atoms with E-state index in [2.05, 4.69) is 15.5 Å².